The Bertz CT molecular complexity index is 774. The van der Waals surface area contributed by atoms with E-state index in [0.29, 0.717) is 11.4 Å². The van der Waals surface area contributed by atoms with E-state index in [1.807, 2.05) is 30.3 Å². The smallest absolute Gasteiger partial charge is 0.194 e. The Morgan fingerprint density at radius 1 is 0.952 bits per heavy atom. The van der Waals surface area contributed by atoms with Gasteiger partial charge in [0.1, 0.15) is 5.69 Å². The fourth-order valence-corrected chi connectivity index (χ4v) is 2.01. The van der Waals surface area contributed by atoms with Crippen LogP contribution in [0, 0.1) is 17.5 Å². The van der Waals surface area contributed by atoms with Gasteiger partial charge in [0.2, 0.25) is 0 Å². The molecule has 0 saturated heterocycles. The molecule has 0 saturated carbocycles. The van der Waals surface area contributed by atoms with Gasteiger partial charge in [-0.15, -0.1) is 0 Å². The van der Waals surface area contributed by atoms with Gasteiger partial charge in [0.05, 0.1) is 17.6 Å². The van der Waals surface area contributed by atoms with E-state index >= 15 is 0 Å². The number of nitrogens with zero attached hydrogens (tertiary/aromatic N) is 2. The molecule has 0 unspecified atom stereocenters. The number of hydrogen-bond donors (Lipinski definition) is 1. The van der Waals surface area contributed by atoms with Crippen molar-refractivity contribution < 1.29 is 13.2 Å². The van der Waals surface area contributed by atoms with Gasteiger partial charge in [0.15, 0.2) is 17.5 Å². The molecule has 0 aliphatic rings. The minimum atomic E-state index is -1.51. The zero-order valence-electron chi connectivity index (χ0n) is 10.7. The molecule has 3 nitrogen and oxygen atoms in total. The van der Waals surface area contributed by atoms with E-state index in [1.54, 1.807) is 0 Å². The van der Waals surface area contributed by atoms with Crippen molar-refractivity contribution in [2.75, 3.05) is 5.73 Å². The van der Waals surface area contributed by atoms with Crippen molar-refractivity contribution in [2.45, 2.75) is 0 Å². The lowest BCUT2D eigenvalue weighted by atomic mass is 10.1. The minimum Gasteiger partial charge on any atom is -0.396 e. The first-order valence-corrected chi connectivity index (χ1v) is 6.12. The number of anilines is 1. The van der Waals surface area contributed by atoms with Gasteiger partial charge in [-0.2, -0.15) is 5.10 Å². The first kappa shape index (κ1) is 13.2. The van der Waals surface area contributed by atoms with Crippen molar-refractivity contribution >= 4 is 5.69 Å². The van der Waals surface area contributed by atoms with Crippen LogP contribution in [0.3, 0.4) is 0 Å². The predicted molar refractivity (Wildman–Crippen MR) is 73.3 cm³/mol. The van der Waals surface area contributed by atoms with Crippen molar-refractivity contribution in [3.05, 3.63) is 66.1 Å². The molecule has 0 amide bonds. The quantitative estimate of drug-likeness (QED) is 0.733. The van der Waals surface area contributed by atoms with Crippen LogP contribution in [-0.2, 0) is 0 Å². The number of nitrogen functional groups attached to an aromatic ring is 1. The number of rotatable bonds is 2. The monoisotopic (exact) mass is 289 g/mol. The topological polar surface area (TPSA) is 43.8 Å². The molecule has 0 atom stereocenters. The van der Waals surface area contributed by atoms with E-state index in [1.165, 1.54) is 10.9 Å². The molecule has 106 valence electrons. The zero-order valence-corrected chi connectivity index (χ0v) is 10.7. The van der Waals surface area contributed by atoms with Gasteiger partial charge in [-0.25, -0.2) is 17.9 Å². The molecule has 0 aliphatic heterocycles. The summed E-state index contributed by atoms with van der Waals surface area (Å²) in [5, 5.41) is 4.20. The van der Waals surface area contributed by atoms with Crippen LogP contribution in [0.15, 0.2) is 48.7 Å². The Labute approximate surface area is 118 Å². The van der Waals surface area contributed by atoms with E-state index in [-0.39, 0.29) is 5.69 Å². The third kappa shape index (κ3) is 2.35. The summed E-state index contributed by atoms with van der Waals surface area (Å²) >= 11 is 0. The summed E-state index contributed by atoms with van der Waals surface area (Å²) in [4.78, 5) is 0. The average Bonchev–Trinajstić information content (AvgIpc) is 2.87. The highest BCUT2D eigenvalue weighted by atomic mass is 19.2. The third-order valence-electron chi connectivity index (χ3n) is 3.02. The van der Waals surface area contributed by atoms with Crippen molar-refractivity contribution in [3.63, 3.8) is 0 Å². The lowest BCUT2D eigenvalue weighted by molar-refractivity contribution is 0.446. The van der Waals surface area contributed by atoms with Crippen molar-refractivity contribution in [3.8, 4) is 16.9 Å². The van der Waals surface area contributed by atoms with Crippen LogP contribution in [0.4, 0.5) is 18.9 Å². The van der Waals surface area contributed by atoms with Crippen LogP contribution in [0.5, 0.6) is 0 Å². The molecule has 6 heteroatoms. The number of hydrogen-bond acceptors (Lipinski definition) is 2. The maximum atomic E-state index is 13.3. The number of halogens is 3. The number of nitrogens with two attached hydrogens (primary N) is 1. The summed E-state index contributed by atoms with van der Waals surface area (Å²) in [5.74, 6) is -4.07. The molecule has 0 fully saturated rings. The fourth-order valence-electron chi connectivity index (χ4n) is 2.01. The van der Waals surface area contributed by atoms with Crippen molar-refractivity contribution in [1.82, 2.24) is 9.78 Å². The van der Waals surface area contributed by atoms with Gasteiger partial charge in [0.25, 0.3) is 0 Å². The van der Waals surface area contributed by atoms with Crippen LogP contribution in [0.1, 0.15) is 0 Å². The summed E-state index contributed by atoms with van der Waals surface area (Å²) in [5.41, 5.74) is 7.54. The number of aromatic nitrogens is 2. The van der Waals surface area contributed by atoms with E-state index < -0.39 is 17.5 Å². The summed E-state index contributed by atoms with van der Waals surface area (Å²) in [6, 6.07) is 10.8. The summed E-state index contributed by atoms with van der Waals surface area (Å²) in [6.07, 6.45) is 1.43. The average molecular weight is 289 g/mol. The molecule has 2 N–H and O–H groups in total. The van der Waals surface area contributed by atoms with Gasteiger partial charge in [-0.1, -0.05) is 30.3 Å². The lowest BCUT2D eigenvalue weighted by Crippen LogP contribution is -2.00. The Balaban J connectivity index is 2.10. The highest BCUT2D eigenvalue weighted by Crippen LogP contribution is 2.26. The molecule has 0 aliphatic carbocycles. The molecule has 1 aromatic heterocycles. The Morgan fingerprint density at radius 3 is 2.19 bits per heavy atom. The van der Waals surface area contributed by atoms with Crippen LogP contribution in [-0.4, -0.2) is 9.78 Å². The van der Waals surface area contributed by atoms with E-state index in [2.05, 4.69) is 5.10 Å². The number of benzene rings is 2. The zero-order chi connectivity index (χ0) is 15.0. The second kappa shape index (κ2) is 4.97. The summed E-state index contributed by atoms with van der Waals surface area (Å²) in [7, 11) is 0. The molecular weight excluding hydrogens is 279 g/mol. The van der Waals surface area contributed by atoms with Crippen LogP contribution in [0.2, 0.25) is 0 Å². The molecule has 21 heavy (non-hydrogen) atoms. The standard InChI is InChI=1S/C15H10F3N3/c16-11-6-10(7-12(17)14(11)18)21-8-13(19)15(20-21)9-4-2-1-3-5-9/h1-8H,19H2. The highest BCUT2D eigenvalue weighted by molar-refractivity contribution is 5.72. The van der Waals surface area contributed by atoms with E-state index in [4.69, 9.17) is 5.73 Å². The van der Waals surface area contributed by atoms with E-state index in [9.17, 15) is 13.2 Å². The van der Waals surface area contributed by atoms with Gasteiger partial charge >= 0.3 is 0 Å². The summed E-state index contributed by atoms with van der Waals surface area (Å²) in [6.45, 7) is 0. The molecule has 3 rings (SSSR count). The van der Waals surface area contributed by atoms with Crippen molar-refractivity contribution in [1.29, 1.82) is 0 Å². The molecular formula is C15H10F3N3. The van der Waals surface area contributed by atoms with Crippen LogP contribution >= 0.6 is 0 Å². The lowest BCUT2D eigenvalue weighted by Gasteiger charge is -2.03. The Morgan fingerprint density at radius 2 is 1.57 bits per heavy atom. The van der Waals surface area contributed by atoms with Crippen LogP contribution in [0.25, 0.3) is 16.9 Å². The maximum absolute atomic E-state index is 13.3. The SMILES string of the molecule is Nc1cn(-c2cc(F)c(F)c(F)c2)nc1-c1ccccc1. The molecule has 0 bridgehead atoms. The van der Waals surface area contributed by atoms with Gasteiger partial charge < -0.3 is 5.73 Å². The predicted octanol–water partition coefficient (Wildman–Crippen LogP) is 3.54. The second-order valence-electron chi connectivity index (χ2n) is 4.47. The van der Waals surface area contributed by atoms with Crippen LogP contribution < -0.4 is 5.73 Å². The Hall–Kier alpha value is -2.76. The Kier molecular flexibility index (Phi) is 3.13. The molecule has 0 radical (unpaired) electrons. The van der Waals surface area contributed by atoms with Gasteiger partial charge in [-0.05, 0) is 0 Å². The van der Waals surface area contributed by atoms with Crippen molar-refractivity contribution in [2.24, 2.45) is 0 Å². The molecule has 1 heterocycles. The van der Waals surface area contributed by atoms with Gasteiger partial charge in [-0.3, -0.25) is 0 Å². The second-order valence-corrected chi connectivity index (χ2v) is 4.47. The fraction of sp³-hybridized carbons (Fsp3) is 0. The van der Waals surface area contributed by atoms with Gasteiger partial charge in [0, 0.05) is 17.7 Å². The first-order valence-electron chi connectivity index (χ1n) is 6.12. The minimum absolute atomic E-state index is 0.0558. The maximum Gasteiger partial charge on any atom is 0.194 e. The summed E-state index contributed by atoms with van der Waals surface area (Å²) < 4.78 is 40.7. The molecule has 0 spiro atoms. The van der Waals surface area contributed by atoms with E-state index in [0.717, 1.165) is 17.7 Å². The third-order valence-corrected chi connectivity index (χ3v) is 3.02. The molecule has 3 aromatic rings. The normalized spacial score (nSPS) is 10.8. The molecule has 2 aromatic carbocycles. The largest absolute Gasteiger partial charge is 0.396 e. The first-order chi connectivity index (χ1) is 10.1. The highest BCUT2D eigenvalue weighted by Gasteiger charge is 2.14.